The van der Waals surface area contributed by atoms with Crippen molar-refractivity contribution in [2.24, 2.45) is 7.05 Å². The second-order valence-corrected chi connectivity index (χ2v) is 7.15. The largest absolute Gasteiger partial charge is 0.315 e. The van der Waals surface area contributed by atoms with Gasteiger partial charge in [0.15, 0.2) is 0 Å². The van der Waals surface area contributed by atoms with Crippen molar-refractivity contribution in [2.45, 2.75) is 38.5 Å². The van der Waals surface area contributed by atoms with Gasteiger partial charge in [-0.1, -0.05) is 0 Å². The average molecular weight is 286 g/mol. The topological polar surface area (TPSA) is 76.0 Å². The molecule has 2 heterocycles. The van der Waals surface area contributed by atoms with Crippen LogP contribution in [0.5, 0.6) is 0 Å². The zero-order valence-electron chi connectivity index (χ0n) is 11.7. The van der Waals surface area contributed by atoms with E-state index in [9.17, 15) is 8.42 Å². The molecule has 6 nitrogen and oxygen atoms in total. The Morgan fingerprint density at radius 2 is 2.21 bits per heavy atom. The van der Waals surface area contributed by atoms with Crippen molar-refractivity contribution >= 4 is 10.0 Å². The second kappa shape index (κ2) is 5.60. The van der Waals surface area contributed by atoms with Crippen LogP contribution in [0.3, 0.4) is 0 Å². The summed E-state index contributed by atoms with van der Waals surface area (Å²) in [4.78, 5) is 0. The molecule has 2 N–H and O–H groups in total. The van der Waals surface area contributed by atoms with E-state index in [1.54, 1.807) is 4.68 Å². The molecule has 19 heavy (non-hydrogen) atoms. The molecule has 0 bridgehead atoms. The van der Waals surface area contributed by atoms with E-state index in [0.29, 0.717) is 13.1 Å². The quantitative estimate of drug-likeness (QED) is 0.829. The van der Waals surface area contributed by atoms with Gasteiger partial charge in [0.05, 0.1) is 10.9 Å². The van der Waals surface area contributed by atoms with Crippen molar-refractivity contribution < 1.29 is 8.42 Å². The molecule has 1 atom stereocenters. The zero-order valence-corrected chi connectivity index (χ0v) is 12.5. The molecule has 1 aromatic heterocycles. The van der Waals surface area contributed by atoms with E-state index in [1.165, 1.54) is 0 Å². The molecule has 1 aliphatic heterocycles. The minimum absolute atomic E-state index is 0.321. The van der Waals surface area contributed by atoms with E-state index in [2.05, 4.69) is 15.1 Å². The third kappa shape index (κ3) is 3.16. The summed E-state index contributed by atoms with van der Waals surface area (Å²) in [7, 11) is -1.39. The zero-order chi connectivity index (χ0) is 14.0. The van der Waals surface area contributed by atoms with Gasteiger partial charge in [-0.3, -0.25) is 4.68 Å². The lowest BCUT2D eigenvalue weighted by atomic mass is 10.2. The highest BCUT2D eigenvalue weighted by molar-refractivity contribution is 7.90. The highest BCUT2D eigenvalue weighted by atomic mass is 32.2. The van der Waals surface area contributed by atoms with Gasteiger partial charge in [-0.25, -0.2) is 13.1 Å². The molecule has 108 valence electrons. The van der Waals surface area contributed by atoms with Gasteiger partial charge in [-0.2, -0.15) is 5.10 Å². The van der Waals surface area contributed by atoms with E-state index >= 15 is 0 Å². The number of hydrogen-bond acceptors (Lipinski definition) is 4. The lowest BCUT2D eigenvalue weighted by Crippen LogP contribution is -2.44. The molecule has 0 saturated carbocycles. The smallest absolute Gasteiger partial charge is 0.216 e. The Morgan fingerprint density at radius 3 is 2.74 bits per heavy atom. The third-order valence-corrected chi connectivity index (χ3v) is 5.63. The van der Waals surface area contributed by atoms with Crippen LogP contribution in [0.2, 0.25) is 0 Å². The lowest BCUT2D eigenvalue weighted by Gasteiger charge is -2.23. The number of nitrogens with zero attached hydrogens (tertiary/aromatic N) is 2. The first-order valence-electron chi connectivity index (χ1n) is 6.60. The first kappa shape index (κ1) is 14.5. The molecule has 1 saturated heterocycles. The molecule has 1 unspecified atom stereocenters. The fourth-order valence-electron chi connectivity index (χ4n) is 2.45. The van der Waals surface area contributed by atoms with Gasteiger partial charge in [0.25, 0.3) is 0 Å². The van der Waals surface area contributed by atoms with E-state index in [1.807, 2.05) is 20.9 Å². The minimum atomic E-state index is -3.26. The Kier molecular flexibility index (Phi) is 4.27. The molecule has 0 aromatic carbocycles. The number of aromatic nitrogens is 2. The molecule has 7 heteroatoms. The summed E-state index contributed by atoms with van der Waals surface area (Å²) in [6, 6.07) is 0. The Labute approximate surface area is 114 Å². The van der Waals surface area contributed by atoms with Gasteiger partial charge in [0, 0.05) is 31.4 Å². The summed E-state index contributed by atoms with van der Waals surface area (Å²) in [5.41, 5.74) is 2.85. The number of aryl methyl sites for hydroxylation is 2. The maximum atomic E-state index is 12.2. The normalized spacial score (nSPS) is 20.7. The number of sulfonamides is 1. The molecule has 0 radical (unpaired) electrons. The van der Waals surface area contributed by atoms with E-state index in [-0.39, 0.29) is 5.25 Å². The Hall–Kier alpha value is -0.920. The van der Waals surface area contributed by atoms with Crippen molar-refractivity contribution in [2.75, 3.05) is 13.1 Å². The molecule has 0 amide bonds. The summed E-state index contributed by atoms with van der Waals surface area (Å²) >= 11 is 0. The van der Waals surface area contributed by atoms with E-state index in [0.717, 1.165) is 36.3 Å². The number of hydrogen-bond donors (Lipinski definition) is 2. The highest BCUT2D eigenvalue weighted by Gasteiger charge is 2.27. The van der Waals surface area contributed by atoms with Gasteiger partial charge in [0.1, 0.15) is 0 Å². The van der Waals surface area contributed by atoms with Crippen LogP contribution in [0.4, 0.5) is 0 Å². The van der Waals surface area contributed by atoms with Gasteiger partial charge >= 0.3 is 0 Å². The molecule has 0 spiro atoms. The molecule has 0 aliphatic carbocycles. The number of rotatable bonds is 4. The first-order valence-corrected chi connectivity index (χ1v) is 8.14. The molecule has 1 fully saturated rings. The van der Waals surface area contributed by atoms with Crippen LogP contribution in [0.15, 0.2) is 0 Å². The SMILES string of the molecule is Cc1nn(C)c(C)c1CNS(=O)(=O)C1CCCNC1. The standard InChI is InChI=1S/C12H22N4O2S/c1-9-12(10(2)16(3)15-9)8-14-19(17,18)11-5-4-6-13-7-11/h11,13-14H,4-8H2,1-3H3. The van der Waals surface area contributed by atoms with Crippen LogP contribution in [0, 0.1) is 13.8 Å². The first-order chi connectivity index (χ1) is 8.92. The third-order valence-electron chi connectivity index (χ3n) is 3.80. The van der Waals surface area contributed by atoms with E-state index < -0.39 is 10.0 Å². The van der Waals surface area contributed by atoms with Gasteiger partial charge < -0.3 is 5.32 Å². The van der Waals surface area contributed by atoms with Crippen LogP contribution >= 0.6 is 0 Å². The summed E-state index contributed by atoms with van der Waals surface area (Å²) in [5, 5.41) is 7.10. The fraction of sp³-hybridized carbons (Fsp3) is 0.750. The molecular formula is C12H22N4O2S. The Balaban J connectivity index is 2.05. The van der Waals surface area contributed by atoms with Crippen molar-refractivity contribution in [3.05, 3.63) is 17.0 Å². The van der Waals surface area contributed by atoms with Crippen LogP contribution in [0.1, 0.15) is 29.8 Å². The lowest BCUT2D eigenvalue weighted by molar-refractivity contribution is 0.490. The van der Waals surface area contributed by atoms with Crippen LogP contribution < -0.4 is 10.0 Å². The molecule has 2 rings (SSSR count). The fourth-order valence-corrected chi connectivity index (χ4v) is 3.84. The monoisotopic (exact) mass is 286 g/mol. The van der Waals surface area contributed by atoms with Crippen LogP contribution in [-0.2, 0) is 23.6 Å². The predicted octanol–water partition coefficient (Wildman–Crippen LogP) is 0.208. The van der Waals surface area contributed by atoms with Crippen molar-refractivity contribution in [1.82, 2.24) is 19.8 Å². The van der Waals surface area contributed by atoms with Gasteiger partial charge in [-0.15, -0.1) is 0 Å². The van der Waals surface area contributed by atoms with Gasteiger partial charge in [-0.05, 0) is 33.2 Å². The maximum Gasteiger partial charge on any atom is 0.216 e. The molecule has 1 aromatic rings. The average Bonchev–Trinajstić information content (AvgIpc) is 2.62. The van der Waals surface area contributed by atoms with Crippen molar-refractivity contribution in [3.63, 3.8) is 0 Å². The summed E-state index contributed by atoms with van der Waals surface area (Å²) in [5.74, 6) is 0. The second-order valence-electron chi connectivity index (χ2n) is 5.11. The minimum Gasteiger partial charge on any atom is -0.315 e. The summed E-state index contributed by atoms with van der Waals surface area (Å²) in [6.07, 6.45) is 1.64. The van der Waals surface area contributed by atoms with Crippen LogP contribution in [-0.4, -0.2) is 36.5 Å². The maximum absolute atomic E-state index is 12.2. The highest BCUT2D eigenvalue weighted by Crippen LogP contribution is 2.14. The Morgan fingerprint density at radius 1 is 1.47 bits per heavy atom. The Bertz CT molecular complexity index is 544. The summed E-state index contributed by atoms with van der Waals surface area (Å²) < 4.78 is 28.9. The van der Waals surface area contributed by atoms with E-state index in [4.69, 9.17) is 0 Å². The van der Waals surface area contributed by atoms with Crippen molar-refractivity contribution in [3.8, 4) is 0 Å². The number of nitrogens with one attached hydrogen (secondary N) is 2. The van der Waals surface area contributed by atoms with Crippen LogP contribution in [0.25, 0.3) is 0 Å². The number of piperidine rings is 1. The molecule has 1 aliphatic rings. The molecular weight excluding hydrogens is 264 g/mol. The predicted molar refractivity (Wildman–Crippen MR) is 74.3 cm³/mol. The van der Waals surface area contributed by atoms with Gasteiger partial charge in [0.2, 0.25) is 10.0 Å². The van der Waals surface area contributed by atoms with Crippen molar-refractivity contribution in [1.29, 1.82) is 0 Å². The summed E-state index contributed by atoms with van der Waals surface area (Å²) in [6.45, 7) is 5.63.